The molecule has 0 spiro atoms. The maximum Gasteiger partial charge on any atom is 0.329 e. The van der Waals surface area contributed by atoms with Crippen LogP contribution in [0.25, 0.3) is 0 Å². The third kappa shape index (κ3) is 5.87. The summed E-state index contributed by atoms with van der Waals surface area (Å²) >= 11 is 0. The topological polar surface area (TPSA) is 114 Å². The highest BCUT2D eigenvalue weighted by molar-refractivity contribution is 6.35. The fourth-order valence-electron chi connectivity index (χ4n) is 1.94. The van der Waals surface area contributed by atoms with Crippen molar-refractivity contribution in [1.29, 1.82) is 0 Å². The molecule has 2 rings (SSSR count). The first kappa shape index (κ1) is 17.8. The second-order valence-corrected chi connectivity index (χ2v) is 5.04. The predicted octanol–water partition coefficient (Wildman–Crippen LogP) is 1.40. The Morgan fingerprint density at radius 2 is 1.72 bits per heavy atom. The first-order valence-electron chi connectivity index (χ1n) is 7.46. The van der Waals surface area contributed by atoms with Gasteiger partial charge in [0.05, 0.1) is 11.1 Å². The van der Waals surface area contributed by atoms with Gasteiger partial charge in [-0.2, -0.15) is 5.10 Å². The van der Waals surface area contributed by atoms with E-state index in [9.17, 15) is 19.7 Å². The molecule has 25 heavy (non-hydrogen) atoms. The number of carbonyl (C=O) groups is 2. The summed E-state index contributed by atoms with van der Waals surface area (Å²) in [5.74, 6) is -1.66. The summed E-state index contributed by atoms with van der Waals surface area (Å²) in [5, 5.41) is 16.7. The molecule has 0 saturated heterocycles. The molecule has 2 aromatic rings. The van der Waals surface area contributed by atoms with Crippen LogP contribution in [0, 0.1) is 10.1 Å². The van der Waals surface area contributed by atoms with E-state index < -0.39 is 16.7 Å². The first-order valence-corrected chi connectivity index (χ1v) is 7.46. The molecule has 2 amide bonds. The van der Waals surface area contributed by atoms with Crippen molar-refractivity contribution in [2.45, 2.75) is 6.42 Å². The molecule has 0 saturated carbocycles. The summed E-state index contributed by atoms with van der Waals surface area (Å²) in [5.41, 5.74) is 3.67. The van der Waals surface area contributed by atoms with Crippen molar-refractivity contribution in [3.63, 3.8) is 0 Å². The molecule has 8 heteroatoms. The van der Waals surface area contributed by atoms with Gasteiger partial charge in [0.25, 0.3) is 5.69 Å². The fraction of sp³-hybridized carbons (Fsp3) is 0.118. The quantitative estimate of drug-likeness (QED) is 0.358. The Balaban J connectivity index is 1.75. The van der Waals surface area contributed by atoms with Crippen LogP contribution in [0.15, 0.2) is 59.7 Å². The van der Waals surface area contributed by atoms with Crippen LogP contribution in [-0.4, -0.2) is 29.5 Å². The largest absolute Gasteiger partial charge is 0.347 e. The molecule has 2 aromatic carbocycles. The molecule has 0 heterocycles. The van der Waals surface area contributed by atoms with Gasteiger partial charge >= 0.3 is 11.8 Å². The SMILES string of the molecule is O=C(NCCc1ccccc1)C(=O)N/N=C\c1ccc([N+](=O)[O-])cc1. The van der Waals surface area contributed by atoms with E-state index in [-0.39, 0.29) is 5.69 Å². The lowest BCUT2D eigenvalue weighted by molar-refractivity contribution is -0.384. The highest BCUT2D eigenvalue weighted by Gasteiger charge is 2.11. The van der Waals surface area contributed by atoms with Crippen molar-refractivity contribution in [3.05, 3.63) is 75.8 Å². The van der Waals surface area contributed by atoms with E-state index >= 15 is 0 Å². The van der Waals surface area contributed by atoms with E-state index in [4.69, 9.17) is 0 Å². The molecule has 0 aliphatic heterocycles. The van der Waals surface area contributed by atoms with Crippen LogP contribution in [0.4, 0.5) is 5.69 Å². The molecule has 0 fully saturated rings. The van der Waals surface area contributed by atoms with Crippen molar-refractivity contribution in [1.82, 2.24) is 10.7 Å². The third-order valence-electron chi connectivity index (χ3n) is 3.23. The number of hydrogen-bond donors (Lipinski definition) is 2. The summed E-state index contributed by atoms with van der Waals surface area (Å²) in [6.07, 6.45) is 1.91. The molecule has 2 N–H and O–H groups in total. The number of nitro groups is 1. The Morgan fingerprint density at radius 1 is 1.04 bits per heavy atom. The molecule has 8 nitrogen and oxygen atoms in total. The molecular weight excluding hydrogens is 324 g/mol. The standard InChI is InChI=1S/C17H16N4O4/c22-16(18-11-10-13-4-2-1-3-5-13)17(23)20-19-12-14-6-8-15(9-7-14)21(24)25/h1-9,12H,10-11H2,(H,18,22)(H,20,23)/b19-12-. The Kier molecular flexibility index (Phi) is 6.35. The average molecular weight is 340 g/mol. The maximum atomic E-state index is 11.6. The molecule has 0 aliphatic carbocycles. The number of hydrazone groups is 1. The number of carbonyl (C=O) groups excluding carboxylic acids is 2. The van der Waals surface area contributed by atoms with E-state index in [1.165, 1.54) is 30.5 Å². The minimum Gasteiger partial charge on any atom is -0.347 e. The van der Waals surface area contributed by atoms with Crippen LogP contribution in [0.3, 0.4) is 0 Å². The number of nitrogens with one attached hydrogen (secondary N) is 2. The molecular formula is C17H16N4O4. The molecule has 0 radical (unpaired) electrons. The molecule has 128 valence electrons. The van der Waals surface area contributed by atoms with Crippen molar-refractivity contribution >= 4 is 23.7 Å². The summed E-state index contributed by atoms with van der Waals surface area (Å²) in [6.45, 7) is 0.336. The minimum absolute atomic E-state index is 0.0426. The lowest BCUT2D eigenvalue weighted by atomic mass is 10.1. The van der Waals surface area contributed by atoms with E-state index in [0.29, 0.717) is 18.5 Å². The first-order chi connectivity index (χ1) is 12.1. The second kappa shape index (κ2) is 8.92. The van der Waals surface area contributed by atoms with Gasteiger partial charge in [-0.05, 0) is 29.7 Å². The molecule has 0 atom stereocenters. The highest BCUT2D eigenvalue weighted by Crippen LogP contribution is 2.10. The van der Waals surface area contributed by atoms with Gasteiger partial charge in [0.15, 0.2) is 0 Å². The fourth-order valence-corrected chi connectivity index (χ4v) is 1.94. The van der Waals surface area contributed by atoms with Crippen LogP contribution in [0.5, 0.6) is 0 Å². The minimum atomic E-state index is -0.883. The molecule has 0 aliphatic rings. The van der Waals surface area contributed by atoms with Gasteiger partial charge in [0, 0.05) is 18.7 Å². The lowest BCUT2D eigenvalue weighted by Gasteiger charge is -2.04. The van der Waals surface area contributed by atoms with Gasteiger partial charge in [-0.3, -0.25) is 19.7 Å². The van der Waals surface area contributed by atoms with Crippen LogP contribution in [-0.2, 0) is 16.0 Å². The number of rotatable bonds is 6. The summed E-state index contributed by atoms with van der Waals surface area (Å²) in [4.78, 5) is 33.2. The number of non-ortho nitro benzene ring substituents is 1. The second-order valence-electron chi connectivity index (χ2n) is 5.04. The molecule has 0 unspecified atom stereocenters. The van der Waals surface area contributed by atoms with Crippen molar-refractivity contribution in [2.75, 3.05) is 6.54 Å². The van der Waals surface area contributed by atoms with Crippen molar-refractivity contribution in [2.24, 2.45) is 5.10 Å². The maximum absolute atomic E-state index is 11.6. The van der Waals surface area contributed by atoms with Crippen LogP contribution >= 0.6 is 0 Å². The van der Waals surface area contributed by atoms with Gasteiger partial charge in [-0.15, -0.1) is 0 Å². The van der Waals surface area contributed by atoms with Crippen molar-refractivity contribution in [3.8, 4) is 0 Å². The van der Waals surface area contributed by atoms with E-state index in [2.05, 4.69) is 15.8 Å². The predicted molar refractivity (Wildman–Crippen MR) is 92.0 cm³/mol. The summed E-state index contributed by atoms with van der Waals surface area (Å²) in [7, 11) is 0. The van der Waals surface area contributed by atoms with Gasteiger partial charge in [0.2, 0.25) is 0 Å². The highest BCUT2D eigenvalue weighted by atomic mass is 16.6. The smallest absolute Gasteiger partial charge is 0.329 e. The Labute approximate surface area is 143 Å². The van der Waals surface area contributed by atoms with Gasteiger partial charge in [-0.1, -0.05) is 30.3 Å². The number of hydrogen-bond acceptors (Lipinski definition) is 5. The van der Waals surface area contributed by atoms with E-state index in [1.807, 2.05) is 30.3 Å². The van der Waals surface area contributed by atoms with Crippen molar-refractivity contribution < 1.29 is 14.5 Å². The zero-order chi connectivity index (χ0) is 18.1. The Hall–Kier alpha value is -3.55. The number of nitrogens with zero attached hydrogens (tertiary/aromatic N) is 2. The lowest BCUT2D eigenvalue weighted by Crippen LogP contribution is -2.38. The Morgan fingerprint density at radius 3 is 2.36 bits per heavy atom. The zero-order valence-corrected chi connectivity index (χ0v) is 13.2. The average Bonchev–Trinajstić information content (AvgIpc) is 2.63. The number of nitro benzene ring substituents is 1. The molecule has 0 bridgehead atoms. The Bertz CT molecular complexity index is 773. The van der Waals surface area contributed by atoms with Gasteiger partial charge in [-0.25, -0.2) is 5.43 Å². The number of amides is 2. The van der Waals surface area contributed by atoms with Crippen LogP contribution in [0.1, 0.15) is 11.1 Å². The zero-order valence-electron chi connectivity index (χ0n) is 13.2. The summed E-state index contributed by atoms with van der Waals surface area (Å²) in [6, 6.07) is 15.2. The van der Waals surface area contributed by atoms with E-state index in [1.54, 1.807) is 0 Å². The monoisotopic (exact) mass is 340 g/mol. The third-order valence-corrected chi connectivity index (χ3v) is 3.23. The van der Waals surface area contributed by atoms with Crippen LogP contribution in [0.2, 0.25) is 0 Å². The van der Waals surface area contributed by atoms with Gasteiger partial charge < -0.3 is 5.32 Å². The molecule has 0 aromatic heterocycles. The van der Waals surface area contributed by atoms with Crippen LogP contribution < -0.4 is 10.7 Å². The normalized spacial score (nSPS) is 10.4. The summed E-state index contributed by atoms with van der Waals surface area (Å²) < 4.78 is 0. The van der Waals surface area contributed by atoms with E-state index in [0.717, 1.165) is 5.56 Å². The number of benzene rings is 2. The van der Waals surface area contributed by atoms with Gasteiger partial charge in [0.1, 0.15) is 0 Å².